The number of aromatic nitrogens is 2. The number of nitrogens with zero attached hydrogens (tertiary/aromatic N) is 2. The van der Waals surface area contributed by atoms with Gasteiger partial charge in [-0.1, -0.05) is 18.2 Å². The van der Waals surface area contributed by atoms with E-state index in [2.05, 4.69) is 15.6 Å². The molecule has 2 atom stereocenters. The lowest BCUT2D eigenvalue weighted by Gasteiger charge is -2.31. The molecule has 10 heteroatoms. The molecule has 3 aromatic rings. The van der Waals surface area contributed by atoms with E-state index in [0.29, 0.717) is 36.7 Å². The standard InChI is InChI=1S/C24H25F2N5O3/c25-18-4-2-1-3-15(18)11-28-21-5-7-31(24(33)17(21)10-27)22-9-23(29-12-19(22)26)30-20-6-8-34-14-16(20)13-32/h1-5,7,9-10,12,16,20,27-28,32H,6,8,11,13-14H2,(H,29,30). The Morgan fingerprint density at radius 3 is 2.85 bits per heavy atom. The van der Waals surface area contributed by atoms with Crippen molar-refractivity contribution in [2.75, 3.05) is 30.5 Å². The molecule has 3 heterocycles. The van der Waals surface area contributed by atoms with E-state index in [1.54, 1.807) is 18.2 Å². The monoisotopic (exact) mass is 469 g/mol. The summed E-state index contributed by atoms with van der Waals surface area (Å²) in [6.45, 7) is 0.998. The van der Waals surface area contributed by atoms with E-state index in [-0.39, 0.29) is 42.2 Å². The van der Waals surface area contributed by atoms with Crippen molar-refractivity contribution in [3.05, 3.63) is 81.9 Å². The Kier molecular flexibility index (Phi) is 7.29. The predicted molar refractivity (Wildman–Crippen MR) is 125 cm³/mol. The number of aliphatic hydroxyl groups excluding tert-OH is 1. The zero-order chi connectivity index (χ0) is 24.1. The molecule has 8 nitrogen and oxygen atoms in total. The predicted octanol–water partition coefficient (Wildman–Crippen LogP) is 2.93. The number of halogens is 2. The lowest BCUT2D eigenvalue weighted by atomic mass is 9.96. The Labute approximate surface area is 194 Å². The van der Waals surface area contributed by atoms with Gasteiger partial charge in [-0.2, -0.15) is 0 Å². The number of hydrogen-bond donors (Lipinski definition) is 4. The minimum Gasteiger partial charge on any atom is -0.396 e. The van der Waals surface area contributed by atoms with E-state index < -0.39 is 11.4 Å². The van der Waals surface area contributed by atoms with Gasteiger partial charge in [-0.15, -0.1) is 0 Å². The van der Waals surface area contributed by atoms with Crippen LogP contribution in [-0.4, -0.2) is 46.7 Å². The third-order valence-electron chi connectivity index (χ3n) is 5.84. The van der Waals surface area contributed by atoms with Crippen LogP contribution in [0.15, 0.2) is 53.6 Å². The van der Waals surface area contributed by atoms with Crippen LogP contribution in [0.1, 0.15) is 17.5 Å². The Balaban J connectivity index is 1.61. The minimum absolute atomic E-state index is 0.00864. The molecular formula is C24H25F2N5O3. The summed E-state index contributed by atoms with van der Waals surface area (Å²) in [5.41, 5.74) is 0.116. The van der Waals surface area contributed by atoms with Crippen LogP contribution < -0.4 is 16.2 Å². The summed E-state index contributed by atoms with van der Waals surface area (Å²) in [4.78, 5) is 17.2. The van der Waals surface area contributed by atoms with E-state index in [0.717, 1.165) is 17.0 Å². The van der Waals surface area contributed by atoms with Gasteiger partial charge in [-0.3, -0.25) is 9.36 Å². The van der Waals surface area contributed by atoms with Crippen LogP contribution in [0.5, 0.6) is 0 Å². The van der Waals surface area contributed by atoms with Gasteiger partial charge in [-0.25, -0.2) is 13.8 Å². The first kappa shape index (κ1) is 23.5. The maximum atomic E-state index is 14.7. The molecule has 1 fully saturated rings. The first-order valence-electron chi connectivity index (χ1n) is 10.9. The molecule has 1 saturated heterocycles. The summed E-state index contributed by atoms with van der Waals surface area (Å²) >= 11 is 0. The van der Waals surface area contributed by atoms with E-state index in [1.165, 1.54) is 24.4 Å². The fourth-order valence-electron chi connectivity index (χ4n) is 3.92. The molecule has 1 aromatic carbocycles. The maximum Gasteiger partial charge on any atom is 0.266 e. The lowest BCUT2D eigenvalue weighted by Crippen LogP contribution is -2.39. The second kappa shape index (κ2) is 10.5. The molecule has 0 saturated carbocycles. The second-order valence-electron chi connectivity index (χ2n) is 7.99. The number of rotatable bonds is 8. The van der Waals surface area contributed by atoms with Gasteiger partial charge in [0.05, 0.1) is 36.3 Å². The van der Waals surface area contributed by atoms with E-state index >= 15 is 0 Å². The van der Waals surface area contributed by atoms with Crippen molar-refractivity contribution in [3.8, 4) is 5.69 Å². The molecule has 0 aliphatic carbocycles. The maximum absolute atomic E-state index is 14.7. The number of aliphatic hydroxyl groups is 1. The highest BCUT2D eigenvalue weighted by Gasteiger charge is 2.25. The Bertz CT molecular complexity index is 1230. The van der Waals surface area contributed by atoms with Gasteiger partial charge in [0.15, 0.2) is 5.82 Å². The molecule has 34 heavy (non-hydrogen) atoms. The van der Waals surface area contributed by atoms with E-state index in [9.17, 15) is 18.7 Å². The van der Waals surface area contributed by atoms with Crippen LogP contribution in [0.2, 0.25) is 0 Å². The first-order valence-corrected chi connectivity index (χ1v) is 10.9. The third-order valence-corrected chi connectivity index (χ3v) is 5.84. The molecule has 0 spiro atoms. The van der Waals surface area contributed by atoms with Crippen molar-refractivity contribution >= 4 is 17.7 Å². The van der Waals surface area contributed by atoms with Crippen LogP contribution in [-0.2, 0) is 11.3 Å². The zero-order valence-electron chi connectivity index (χ0n) is 18.3. The summed E-state index contributed by atoms with van der Waals surface area (Å²) in [7, 11) is 0. The Morgan fingerprint density at radius 2 is 2.09 bits per heavy atom. The molecule has 4 rings (SSSR count). The topological polar surface area (TPSA) is 112 Å². The molecule has 4 N–H and O–H groups in total. The van der Waals surface area contributed by atoms with E-state index in [4.69, 9.17) is 10.1 Å². The van der Waals surface area contributed by atoms with Gasteiger partial charge in [0.1, 0.15) is 11.6 Å². The van der Waals surface area contributed by atoms with Crippen LogP contribution in [0.4, 0.5) is 20.3 Å². The van der Waals surface area contributed by atoms with Gasteiger partial charge in [-0.05, 0) is 18.6 Å². The number of pyridine rings is 2. The van der Waals surface area contributed by atoms with Gasteiger partial charge < -0.3 is 25.9 Å². The van der Waals surface area contributed by atoms with Gasteiger partial charge >= 0.3 is 0 Å². The van der Waals surface area contributed by atoms with Crippen LogP contribution in [0.3, 0.4) is 0 Å². The van der Waals surface area contributed by atoms with Gasteiger partial charge in [0.2, 0.25) is 0 Å². The second-order valence-corrected chi connectivity index (χ2v) is 7.99. The average molecular weight is 469 g/mol. The van der Waals surface area contributed by atoms with Gasteiger partial charge in [0, 0.05) is 49.2 Å². The summed E-state index contributed by atoms with van der Waals surface area (Å²) in [6.07, 6.45) is 3.95. The molecule has 1 aliphatic heterocycles. The fourth-order valence-corrected chi connectivity index (χ4v) is 3.92. The fraction of sp³-hybridized carbons (Fsp3) is 0.292. The molecule has 0 amide bonds. The van der Waals surface area contributed by atoms with Crippen LogP contribution in [0, 0.1) is 23.0 Å². The molecule has 2 aromatic heterocycles. The highest BCUT2D eigenvalue weighted by atomic mass is 19.1. The number of anilines is 2. The minimum atomic E-state index is -0.707. The highest BCUT2D eigenvalue weighted by molar-refractivity contribution is 5.85. The molecule has 178 valence electrons. The quantitative estimate of drug-likeness (QED) is 0.378. The number of ether oxygens (including phenoxy) is 1. The Hall–Kier alpha value is -3.63. The van der Waals surface area contributed by atoms with E-state index in [1.807, 2.05) is 0 Å². The SMILES string of the molecule is N=Cc1c(NCc2ccccc2F)ccn(-c2cc(NC3CCOCC3CO)ncc2F)c1=O. The molecule has 2 unspecified atom stereocenters. The summed E-state index contributed by atoms with van der Waals surface area (Å²) < 4.78 is 35.1. The Morgan fingerprint density at radius 1 is 1.26 bits per heavy atom. The molecule has 1 aliphatic rings. The first-order chi connectivity index (χ1) is 16.5. The number of hydrogen-bond acceptors (Lipinski definition) is 7. The largest absolute Gasteiger partial charge is 0.396 e. The van der Waals surface area contributed by atoms with Gasteiger partial charge in [0.25, 0.3) is 5.56 Å². The van der Waals surface area contributed by atoms with Crippen molar-refractivity contribution in [3.63, 3.8) is 0 Å². The summed E-state index contributed by atoms with van der Waals surface area (Å²) in [5, 5.41) is 23.5. The molecule has 0 bridgehead atoms. The number of nitrogens with one attached hydrogen (secondary N) is 3. The van der Waals surface area contributed by atoms with Crippen molar-refractivity contribution in [2.45, 2.75) is 19.0 Å². The van der Waals surface area contributed by atoms with Crippen molar-refractivity contribution in [1.29, 1.82) is 5.41 Å². The van der Waals surface area contributed by atoms with Crippen molar-refractivity contribution < 1.29 is 18.6 Å². The smallest absolute Gasteiger partial charge is 0.266 e. The lowest BCUT2D eigenvalue weighted by molar-refractivity contribution is 0.0225. The average Bonchev–Trinajstić information content (AvgIpc) is 2.85. The normalized spacial score (nSPS) is 17.9. The number of benzene rings is 1. The summed E-state index contributed by atoms with van der Waals surface area (Å²) in [6, 6.07) is 9.10. The summed E-state index contributed by atoms with van der Waals surface area (Å²) in [5.74, 6) is -0.865. The highest BCUT2D eigenvalue weighted by Crippen LogP contribution is 2.22. The van der Waals surface area contributed by atoms with Crippen LogP contribution in [0.25, 0.3) is 5.69 Å². The van der Waals surface area contributed by atoms with Crippen LogP contribution >= 0.6 is 0 Å². The third kappa shape index (κ3) is 4.97. The zero-order valence-corrected chi connectivity index (χ0v) is 18.3. The van der Waals surface area contributed by atoms with Crippen molar-refractivity contribution in [1.82, 2.24) is 9.55 Å². The van der Waals surface area contributed by atoms with Crippen molar-refractivity contribution in [2.24, 2.45) is 5.92 Å². The molecular weight excluding hydrogens is 444 g/mol. The molecule has 0 radical (unpaired) electrons.